The van der Waals surface area contributed by atoms with Crippen LogP contribution in [0.25, 0.3) is 0 Å². The van der Waals surface area contributed by atoms with Gasteiger partial charge in [0.15, 0.2) is 0 Å². The fourth-order valence-electron chi connectivity index (χ4n) is 3.17. The molecule has 2 atom stereocenters. The first kappa shape index (κ1) is 15.8. The molecule has 2 aromatic rings. The molecule has 6 heteroatoms. The molecule has 0 aliphatic carbocycles. The maximum Gasteiger partial charge on any atom is 0.239 e. The van der Waals surface area contributed by atoms with Crippen molar-refractivity contribution in [2.24, 2.45) is 0 Å². The second-order valence-electron chi connectivity index (χ2n) is 6.44. The van der Waals surface area contributed by atoms with E-state index in [-0.39, 0.29) is 6.04 Å². The zero-order valence-corrected chi connectivity index (χ0v) is 14.1. The van der Waals surface area contributed by atoms with Crippen molar-refractivity contribution in [3.05, 3.63) is 35.7 Å². The molecular weight excluding hydrogens is 290 g/mol. The van der Waals surface area contributed by atoms with Gasteiger partial charge in [-0.2, -0.15) is 4.98 Å². The smallest absolute Gasteiger partial charge is 0.239 e. The number of likely N-dealkylation sites (N-methyl/N-ethyl adjacent to an activating group) is 1. The number of nitrogen functional groups attached to an aromatic ring is 1. The van der Waals surface area contributed by atoms with Gasteiger partial charge in [0.2, 0.25) is 5.95 Å². The molecule has 2 heterocycles. The number of ether oxygens (including phenoxy) is 1. The van der Waals surface area contributed by atoms with Gasteiger partial charge in [0.1, 0.15) is 18.2 Å². The number of nitrogens with two attached hydrogens (primary N) is 1. The third-order valence-corrected chi connectivity index (χ3v) is 4.48. The van der Waals surface area contributed by atoms with Gasteiger partial charge in [-0.25, -0.2) is 4.68 Å². The largest absolute Gasteiger partial charge is 0.492 e. The number of hydrogen-bond acceptors (Lipinski definition) is 5. The van der Waals surface area contributed by atoms with Crippen LogP contribution in [-0.2, 0) is 6.42 Å². The SMILES string of the molecule is CC1C(c2ccc(OCCN(C)C)cc2)CCc2nc(N)nn21. The summed E-state index contributed by atoms with van der Waals surface area (Å²) in [5.74, 6) is 2.72. The second-order valence-corrected chi connectivity index (χ2v) is 6.44. The molecule has 2 unspecified atom stereocenters. The molecule has 0 saturated heterocycles. The molecule has 0 spiro atoms. The number of benzene rings is 1. The van der Waals surface area contributed by atoms with Crippen LogP contribution in [0, 0.1) is 0 Å². The Hall–Kier alpha value is -2.08. The molecule has 1 aromatic carbocycles. The van der Waals surface area contributed by atoms with Gasteiger partial charge < -0.3 is 15.4 Å². The molecule has 0 saturated carbocycles. The van der Waals surface area contributed by atoms with Crippen molar-refractivity contribution < 1.29 is 4.74 Å². The van der Waals surface area contributed by atoms with E-state index in [2.05, 4.69) is 46.2 Å². The molecule has 0 amide bonds. The van der Waals surface area contributed by atoms with Gasteiger partial charge in [0.05, 0.1) is 6.04 Å². The zero-order valence-electron chi connectivity index (χ0n) is 14.1. The van der Waals surface area contributed by atoms with Gasteiger partial charge in [-0.3, -0.25) is 0 Å². The van der Waals surface area contributed by atoms with Crippen LogP contribution < -0.4 is 10.5 Å². The Morgan fingerprint density at radius 3 is 2.74 bits per heavy atom. The summed E-state index contributed by atoms with van der Waals surface area (Å²) in [7, 11) is 4.09. The molecule has 0 bridgehead atoms. The number of fused-ring (bicyclic) bond motifs is 1. The molecule has 6 nitrogen and oxygen atoms in total. The monoisotopic (exact) mass is 315 g/mol. The van der Waals surface area contributed by atoms with Crippen molar-refractivity contribution >= 4 is 5.95 Å². The predicted octanol–water partition coefficient (Wildman–Crippen LogP) is 2.09. The molecule has 1 aromatic heterocycles. The van der Waals surface area contributed by atoms with Gasteiger partial charge in [-0.05, 0) is 45.1 Å². The minimum Gasteiger partial charge on any atom is -0.492 e. The molecule has 124 valence electrons. The van der Waals surface area contributed by atoms with Gasteiger partial charge in [0.25, 0.3) is 0 Å². The van der Waals surface area contributed by atoms with E-state index in [1.807, 2.05) is 18.8 Å². The standard InChI is InChI=1S/C17H25N5O/c1-12-15(8-9-16-19-17(18)20-22(12)16)13-4-6-14(7-5-13)23-11-10-21(2)3/h4-7,12,15H,8-11H2,1-3H3,(H2,18,20). The highest BCUT2D eigenvalue weighted by Gasteiger charge is 2.29. The Bertz CT molecular complexity index is 650. The van der Waals surface area contributed by atoms with E-state index in [1.54, 1.807) is 0 Å². The predicted molar refractivity (Wildman–Crippen MR) is 90.7 cm³/mol. The number of nitrogens with zero attached hydrogens (tertiary/aromatic N) is 4. The summed E-state index contributed by atoms with van der Waals surface area (Å²) in [5.41, 5.74) is 7.05. The average molecular weight is 315 g/mol. The van der Waals surface area contributed by atoms with Crippen molar-refractivity contribution in [2.45, 2.75) is 31.7 Å². The van der Waals surface area contributed by atoms with E-state index in [4.69, 9.17) is 10.5 Å². The van der Waals surface area contributed by atoms with E-state index < -0.39 is 0 Å². The van der Waals surface area contributed by atoms with Crippen LogP contribution in [0.5, 0.6) is 5.75 Å². The number of aryl methyl sites for hydroxylation is 1. The minimum atomic E-state index is 0.268. The lowest BCUT2D eigenvalue weighted by atomic mass is 9.86. The van der Waals surface area contributed by atoms with E-state index in [9.17, 15) is 0 Å². The molecule has 1 aliphatic heterocycles. The Balaban J connectivity index is 1.68. The van der Waals surface area contributed by atoms with Crippen LogP contribution in [0.4, 0.5) is 5.95 Å². The van der Waals surface area contributed by atoms with Crippen molar-refractivity contribution in [3.63, 3.8) is 0 Å². The number of hydrogen-bond donors (Lipinski definition) is 1. The summed E-state index contributed by atoms with van der Waals surface area (Å²) < 4.78 is 7.74. The summed E-state index contributed by atoms with van der Waals surface area (Å²) in [4.78, 5) is 6.41. The van der Waals surface area contributed by atoms with Crippen molar-refractivity contribution in [3.8, 4) is 5.75 Å². The van der Waals surface area contributed by atoms with Gasteiger partial charge >= 0.3 is 0 Å². The van der Waals surface area contributed by atoms with Crippen molar-refractivity contribution in [1.29, 1.82) is 0 Å². The highest BCUT2D eigenvalue weighted by atomic mass is 16.5. The third-order valence-electron chi connectivity index (χ3n) is 4.48. The van der Waals surface area contributed by atoms with Gasteiger partial charge in [-0.1, -0.05) is 12.1 Å². The summed E-state index contributed by atoms with van der Waals surface area (Å²) >= 11 is 0. The first-order valence-corrected chi connectivity index (χ1v) is 8.13. The second kappa shape index (κ2) is 6.58. The first-order chi connectivity index (χ1) is 11.0. The summed E-state index contributed by atoms with van der Waals surface area (Å²) in [6, 6.07) is 8.71. The molecule has 1 aliphatic rings. The van der Waals surface area contributed by atoms with Crippen LogP contribution in [0.2, 0.25) is 0 Å². The van der Waals surface area contributed by atoms with Crippen LogP contribution >= 0.6 is 0 Å². The van der Waals surface area contributed by atoms with E-state index in [0.717, 1.165) is 31.0 Å². The van der Waals surface area contributed by atoms with Crippen molar-refractivity contribution in [2.75, 3.05) is 33.0 Å². The maximum atomic E-state index is 5.76. The summed E-state index contributed by atoms with van der Waals surface area (Å²) in [6.45, 7) is 3.80. The Kier molecular flexibility index (Phi) is 4.52. The van der Waals surface area contributed by atoms with Crippen LogP contribution in [0.1, 0.15) is 36.7 Å². The molecule has 23 heavy (non-hydrogen) atoms. The fourth-order valence-corrected chi connectivity index (χ4v) is 3.17. The van der Waals surface area contributed by atoms with Crippen LogP contribution in [0.3, 0.4) is 0 Å². The minimum absolute atomic E-state index is 0.268. The lowest BCUT2D eigenvalue weighted by Gasteiger charge is -2.29. The topological polar surface area (TPSA) is 69.2 Å². The normalized spacial score (nSPS) is 20.5. The Morgan fingerprint density at radius 2 is 2.04 bits per heavy atom. The van der Waals surface area contributed by atoms with Crippen molar-refractivity contribution in [1.82, 2.24) is 19.7 Å². The van der Waals surface area contributed by atoms with E-state index in [0.29, 0.717) is 18.5 Å². The fraction of sp³-hybridized carbons (Fsp3) is 0.529. The van der Waals surface area contributed by atoms with E-state index >= 15 is 0 Å². The average Bonchev–Trinajstić information content (AvgIpc) is 2.90. The van der Waals surface area contributed by atoms with Crippen LogP contribution in [-0.4, -0.2) is 46.9 Å². The van der Waals surface area contributed by atoms with Crippen LogP contribution in [0.15, 0.2) is 24.3 Å². The highest BCUT2D eigenvalue weighted by molar-refractivity contribution is 5.31. The zero-order chi connectivity index (χ0) is 16.4. The highest BCUT2D eigenvalue weighted by Crippen LogP contribution is 2.37. The van der Waals surface area contributed by atoms with E-state index in [1.165, 1.54) is 5.56 Å². The molecular formula is C17H25N5O. The summed E-state index contributed by atoms with van der Waals surface area (Å²) in [5, 5.41) is 4.34. The number of rotatable bonds is 5. The van der Waals surface area contributed by atoms with Gasteiger partial charge in [-0.15, -0.1) is 5.10 Å². The number of aromatic nitrogens is 3. The Labute approximate surface area is 137 Å². The summed E-state index contributed by atoms with van der Waals surface area (Å²) in [6.07, 6.45) is 1.99. The molecule has 0 fully saturated rings. The van der Waals surface area contributed by atoms with Gasteiger partial charge in [0, 0.05) is 18.9 Å². The maximum absolute atomic E-state index is 5.76. The number of anilines is 1. The first-order valence-electron chi connectivity index (χ1n) is 8.13. The third kappa shape index (κ3) is 3.47. The molecule has 3 rings (SSSR count). The lowest BCUT2D eigenvalue weighted by molar-refractivity contribution is 0.261. The quantitative estimate of drug-likeness (QED) is 0.915. The lowest BCUT2D eigenvalue weighted by Crippen LogP contribution is -2.24. The Morgan fingerprint density at radius 1 is 1.30 bits per heavy atom. The molecule has 2 N–H and O–H groups in total. The molecule has 0 radical (unpaired) electrons.